The molecule has 0 fully saturated rings. The highest BCUT2D eigenvalue weighted by molar-refractivity contribution is 5.39. The van der Waals surface area contributed by atoms with Crippen LogP contribution in [0.1, 0.15) is 41.0 Å². The van der Waals surface area contributed by atoms with Crippen molar-refractivity contribution in [2.45, 2.75) is 46.6 Å². The van der Waals surface area contributed by atoms with E-state index in [0.29, 0.717) is 17.6 Å². The molecule has 0 aromatic rings. The normalized spacial score (nSPS) is 26.6. The quantitative estimate of drug-likeness (QED) is 0.789. The second-order valence-corrected chi connectivity index (χ2v) is 5.48. The zero-order chi connectivity index (χ0) is 12.5. The molecule has 2 heteroatoms. The van der Waals surface area contributed by atoms with E-state index in [-0.39, 0.29) is 5.60 Å². The first kappa shape index (κ1) is 13.3. The molecule has 16 heavy (non-hydrogen) atoms. The number of methoxy groups -OCH3 is 1. The topological polar surface area (TPSA) is 29.5 Å². The second-order valence-electron chi connectivity index (χ2n) is 5.48. The lowest BCUT2D eigenvalue weighted by Gasteiger charge is -2.34. The van der Waals surface area contributed by atoms with E-state index < -0.39 is 0 Å². The van der Waals surface area contributed by atoms with Crippen molar-refractivity contribution < 1.29 is 9.84 Å². The van der Waals surface area contributed by atoms with E-state index in [9.17, 15) is 5.11 Å². The van der Waals surface area contributed by atoms with E-state index >= 15 is 0 Å². The molecule has 0 aromatic heterocycles. The predicted octanol–water partition coefficient (Wildman–Crippen LogP) is 3.85. The summed E-state index contributed by atoms with van der Waals surface area (Å²) in [5.41, 5.74) is 1.85. The maximum atomic E-state index is 10.3. The van der Waals surface area contributed by atoms with Gasteiger partial charge in [-0.05, 0) is 36.0 Å². The van der Waals surface area contributed by atoms with Gasteiger partial charge >= 0.3 is 0 Å². The Morgan fingerprint density at radius 3 is 2.19 bits per heavy atom. The van der Waals surface area contributed by atoms with Crippen LogP contribution >= 0.6 is 0 Å². The minimum atomic E-state index is -0.272. The van der Waals surface area contributed by atoms with Crippen molar-refractivity contribution in [2.75, 3.05) is 7.11 Å². The molecule has 0 saturated heterocycles. The number of hydrogen-bond donors (Lipinski definition) is 1. The van der Waals surface area contributed by atoms with Crippen molar-refractivity contribution in [2.24, 2.45) is 11.8 Å². The zero-order valence-corrected chi connectivity index (χ0v) is 11.3. The van der Waals surface area contributed by atoms with Gasteiger partial charge in [0.05, 0.1) is 5.60 Å². The van der Waals surface area contributed by atoms with Gasteiger partial charge in [-0.15, -0.1) is 0 Å². The van der Waals surface area contributed by atoms with Crippen LogP contribution < -0.4 is 0 Å². The highest BCUT2D eigenvalue weighted by Gasteiger charge is 2.32. The van der Waals surface area contributed by atoms with Crippen LogP contribution in [-0.2, 0) is 4.74 Å². The fourth-order valence-corrected chi connectivity index (χ4v) is 2.14. The van der Waals surface area contributed by atoms with Gasteiger partial charge in [-0.25, -0.2) is 0 Å². The third kappa shape index (κ3) is 2.49. The summed E-state index contributed by atoms with van der Waals surface area (Å²) in [4.78, 5) is 0. The molecule has 2 nitrogen and oxygen atoms in total. The van der Waals surface area contributed by atoms with Crippen molar-refractivity contribution in [1.82, 2.24) is 0 Å². The summed E-state index contributed by atoms with van der Waals surface area (Å²) in [6, 6.07) is 0. The molecule has 0 amide bonds. The van der Waals surface area contributed by atoms with Crippen molar-refractivity contribution >= 4 is 0 Å². The van der Waals surface area contributed by atoms with Crippen molar-refractivity contribution in [1.29, 1.82) is 0 Å². The van der Waals surface area contributed by atoms with Gasteiger partial charge in [-0.3, -0.25) is 0 Å². The van der Waals surface area contributed by atoms with Crippen LogP contribution in [0.2, 0.25) is 0 Å². The number of hydrogen-bond acceptors (Lipinski definition) is 2. The molecule has 1 aliphatic carbocycles. The number of aliphatic hydroxyl groups is 1. The van der Waals surface area contributed by atoms with E-state index in [1.807, 2.05) is 0 Å². The molecule has 1 aliphatic rings. The molecule has 0 bridgehead atoms. The first-order chi connectivity index (χ1) is 7.30. The Morgan fingerprint density at radius 1 is 1.25 bits per heavy atom. The van der Waals surface area contributed by atoms with E-state index in [2.05, 4.69) is 40.7 Å². The molecule has 92 valence electrons. The Kier molecular flexibility index (Phi) is 3.84. The molecule has 0 radical (unpaired) electrons. The molecular weight excluding hydrogens is 200 g/mol. The largest absolute Gasteiger partial charge is 0.508 e. The molecule has 0 heterocycles. The fraction of sp³-hybridized carbons (Fsp3) is 0.714. The van der Waals surface area contributed by atoms with Crippen molar-refractivity contribution in [3.05, 3.63) is 23.0 Å². The maximum Gasteiger partial charge on any atom is 0.118 e. The van der Waals surface area contributed by atoms with Crippen LogP contribution in [0.4, 0.5) is 0 Å². The molecule has 1 N–H and O–H groups in total. The molecule has 1 atom stereocenters. The van der Waals surface area contributed by atoms with Crippen LogP contribution in [0.25, 0.3) is 0 Å². The number of ether oxygens (including phenoxy) is 1. The lowest BCUT2D eigenvalue weighted by atomic mass is 9.79. The minimum absolute atomic E-state index is 0.272. The highest BCUT2D eigenvalue weighted by atomic mass is 16.5. The second kappa shape index (κ2) is 4.62. The Labute approximate surface area is 99.0 Å². The van der Waals surface area contributed by atoms with E-state index in [1.165, 1.54) is 0 Å². The van der Waals surface area contributed by atoms with Gasteiger partial charge in [0.2, 0.25) is 0 Å². The molecular formula is C14H24O2. The summed E-state index contributed by atoms with van der Waals surface area (Å²) < 4.78 is 5.57. The summed E-state index contributed by atoms with van der Waals surface area (Å²) in [6.45, 7) is 10.5. The number of rotatable bonds is 3. The van der Waals surface area contributed by atoms with Crippen LogP contribution in [0, 0.1) is 11.8 Å². The summed E-state index contributed by atoms with van der Waals surface area (Å²) in [6.07, 6.45) is 2.85. The molecule has 0 aliphatic heterocycles. The summed E-state index contributed by atoms with van der Waals surface area (Å²) in [7, 11) is 1.73. The Balaban J connectivity index is 3.20. The van der Waals surface area contributed by atoms with Crippen LogP contribution in [0.15, 0.2) is 23.0 Å². The Bertz CT molecular complexity index is 324. The Morgan fingerprint density at radius 2 is 1.81 bits per heavy atom. The van der Waals surface area contributed by atoms with E-state index in [4.69, 9.17) is 4.74 Å². The number of allylic oxidation sites excluding steroid dienone is 1. The molecule has 1 rings (SSSR count). The molecule has 0 spiro atoms. The highest BCUT2D eigenvalue weighted by Crippen LogP contribution is 2.38. The molecule has 1 unspecified atom stereocenters. The number of aliphatic hydroxyl groups excluding tert-OH is 1. The Hall–Kier alpha value is -0.760. The third-order valence-corrected chi connectivity index (χ3v) is 3.37. The summed E-state index contributed by atoms with van der Waals surface area (Å²) in [5, 5.41) is 10.3. The third-order valence-electron chi connectivity index (χ3n) is 3.37. The molecule has 0 saturated carbocycles. The van der Waals surface area contributed by atoms with Crippen molar-refractivity contribution in [3.63, 3.8) is 0 Å². The maximum absolute atomic E-state index is 10.3. The average Bonchev–Trinajstić information content (AvgIpc) is 2.20. The average molecular weight is 224 g/mol. The van der Waals surface area contributed by atoms with Crippen LogP contribution in [0.3, 0.4) is 0 Å². The van der Waals surface area contributed by atoms with Gasteiger partial charge in [0.1, 0.15) is 5.76 Å². The van der Waals surface area contributed by atoms with Gasteiger partial charge in [-0.2, -0.15) is 0 Å². The summed E-state index contributed by atoms with van der Waals surface area (Å²) in [5.74, 6) is 1.17. The first-order valence-corrected chi connectivity index (χ1v) is 6.01. The van der Waals surface area contributed by atoms with E-state index in [0.717, 1.165) is 17.6 Å². The van der Waals surface area contributed by atoms with Crippen LogP contribution in [0.5, 0.6) is 0 Å². The first-order valence-electron chi connectivity index (χ1n) is 6.01. The molecule has 0 aromatic carbocycles. The SMILES string of the molecule is COC1(C)C=C(C(C)C)C(O)=C(C(C)C)C1. The standard InChI is InChI=1S/C14H24O2/c1-9(2)11-7-14(5,16-6)8-12(10(3)4)13(11)15/h7,9-10,15H,8H2,1-6H3. The van der Waals surface area contributed by atoms with E-state index in [1.54, 1.807) is 7.11 Å². The predicted molar refractivity (Wildman–Crippen MR) is 67.4 cm³/mol. The smallest absolute Gasteiger partial charge is 0.118 e. The fourth-order valence-electron chi connectivity index (χ4n) is 2.14. The van der Waals surface area contributed by atoms with Crippen molar-refractivity contribution in [3.8, 4) is 0 Å². The van der Waals surface area contributed by atoms with Crippen LogP contribution in [-0.4, -0.2) is 17.8 Å². The monoisotopic (exact) mass is 224 g/mol. The summed E-state index contributed by atoms with van der Waals surface area (Å²) >= 11 is 0. The lowest BCUT2D eigenvalue weighted by Crippen LogP contribution is -2.31. The van der Waals surface area contributed by atoms with Gasteiger partial charge in [0.25, 0.3) is 0 Å². The van der Waals surface area contributed by atoms with Gasteiger partial charge < -0.3 is 9.84 Å². The van der Waals surface area contributed by atoms with Gasteiger partial charge in [-0.1, -0.05) is 27.7 Å². The van der Waals surface area contributed by atoms with Gasteiger partial charge in [0.15, 0.2) is 0 Å². The zero-order valence-electron chi connectivity index (χ0n) is 11.3. The minimum Gasteiger partial charge on any atom is -0.508 e. The van der Waals surface area contributed by atoms with Gasteiger partial charge in [0, 0.05) is 13.5 Å². The lowest BCUT2D eigenvalue weighted by molar-refractivity contribution is 0.0426.